The largest absolute Gasteiger partial charge is 0.444 e. The number of aryl methyl sites for hydroxylation is 2. The summed E-state index contributed by atoms with van der Waals surface area (Å²) in [6.07, 6.45) is 7.77. The standard InChI is InChI=1S/C31H39BrClN3O3/c1-31(2,3)39-30(38)36-12-8-20(9-13-36)16-27(37)35-14-10-21(11-15-35)28-26-7-6-25(33)18-22(26)4-5-23-17-24(32)19-34-29(23)28/h6-7,17-21,28H,4-5,8-16H2,1-3H3. The summed E-state index contributed by atoms with van der Waals surface area (Å²) in [4.78, 5) is 34.4. The number of halogens is 2. The molecule has 1 aromatic heterocycles. The molecule has 2 amide bonds. The van der Waals surface area contributed by atoms with Gasteiger partial charge < -0.3 is 14.5 Å². The number of amides is 2. The van der Waals surface area contributed by atoms with Gasteiger partial charge in [-0.25, -0.2) is 4.79 Å². The lowest BCUT2D eigenvalue weighted by Gasteiger charge is -2.38. The number of fused-ring (bicyclic) bond motifs is 2. The Labute approximate surface area is 245 Å². The third-order valence-corrected chi connectivity index (χ3v) is 9.13. The molecule has 210 valence electrons. The molecule has 0 bridgehead atoms. The van der Waals surface area contributed by atoms with E-state index in [0.29, 0.717) is 31.3 Å². The van der Waals surface area contributed by atoms with Crippen LogP contribution < -0.4 is 0 Å². The number of piperidine rings is 2. The maximum atomic E-state index is 13.3. The molecule has 2 aliphatic heterocycles. The number of nitrogens with zero attached hydrogens (tertiary/aromatic N) is 3. The molecule has 3 aliphatic rings. The average molecular weight is 617 g/mol. The SMILES string of the molecule is CC(C)(C)OC(=O)N1CCC(CC(=O)N2CCC(C3c4ccc(Cl)cc4CCc4cc(Br)cnc43)CC2)CC1. The monoisotopic (exact) mass is 615 g/mol. The van der Waals surface area contributed by atoms with E-state index in [1.54, 1.807) is 4.90 Å². The highest BCUT2D eigenvalue weighted by Crippen LogP contribution is 2.43. The Morgan fingerprint density at radius 1 is 1.00 bits per heavy atom. The summed E-state index contributed by atoms with van der Waals surface area (Å²) in [5.74, 6) is 1.22. The zero-order valence-electron chi connectivity index (χ0n) is 23.2. The van der Waals surface area contributed by atoms with Crippen LogP contribution in [0.25, 0.3) is 0 Å². The van der Waals surface area contributed by atoms with Crippen LogP contribution in [-0.2, 0) is 22.4 Å². The first kappa shape index (κ1) is 28.4. The van der Waals surface area contributed by atoms with Crippen molar-refractivity contribution in [3.63, 3.8) is 0 Å². The first-order valence-electron chi connectivity index (χ1n) is 14.3. The molecule has 0 radical (unpaired) electrons. The zero-order valence-corrected chi connectivity index (χ0v) is 25.6. The van der Waals surface area contributed by atoms with Gasteiger partial charge in [0.15, 0.2) is 0 Å². The lowest BCUT2D eigenvalue weighted by Crippen LogP contribution is -2.44. The topological polar surface area (TPSA) is 62.7 Å². The van der Waals surface area contributed by atoms with Gasteiger partial charge >= 0.3 is 6.09 Å². The second-order valence-electron chi connectivity index (χ2n) is 12.4. The molecule has 3 heterocycles. The van der Waals surface area contributed by atoms with Gasteiger partial charge in [0, 0.05) is 54.2 Å². The number of aromatic nitrogens is 1. The second-order valence-corrected chi connectivity index (χ2v) is 13.7. The number of benzene rings is 1. The quantitative estimate of drug-likeness (QED) is 0.372. The van der Waals surface area contributed by atoms with Gasteiger partial charge in [-0.2, -0.15) is 0 Å². The zero-order chi connectivity index (χ0) is 27.7. The van der Waals surface area contributed by atoms with Gasteiger partial charge in [-0.15, -0.1) is 0 Å². The minimum atomic E-state index is -0.489. The Balaban J connectivity index is 1.20. The molecule has 2 aromatic rings. The van der Waals surface area contributed by atoms with Crippen LogP contribution in [-0.4, -0.2) is 58.6 Å². The van der Waals surface area contributed by atoms with E-state index in [2.05, 4.69) is 39.0 Å². The van der Waals surface area contributed by atoms with Crippen LogP contribution in [0.1, 0.15) is 81.2 Å². The Hall–Kier alpha value is -2.12. The summed E-state index contributed by atoms with van der Waals surface area (Å²) in [7, 11) is 0. The van der Waals surface area contributed by atoms with Crippen molar-refractivity contribution >= 4 is 39.5 Å². The summed E-state index contributed by atoms with van der Waals surface area (Å²) < 4.78 is 6.53. The molecule has 6 nitrogen and oxygen atoms in total. The van der Waals surface area contributed by atoms with Crippen molar-refractivity contribution < 1.29 is 14.3 Å². The van der Waals surface area contributed by atoms with Gasteiger partial charge in [-0.05, 0) is 122 Å². The summed E-state index contributed by atoms with van der Waals surface area (Å²) in [5, 5.41) is 0.782. The average Bonchev–Trinajstić information content (AvgIpc) is 3.04. The van der Waals surface area contributed by atoms with E-state index in [1.165, 1.54) is 22.4 Å². The van der Waals surface area contributed by atoms with Crippen molar-refractivity contribution in [3.05, 3.63) is 62.3 Å². The highest BCUT2D eigenvalue weighted by molar-refractivity contribution is 9.10. The third-order valence-electron chi connectivity index (χ3n) is 8.46. The third kappa shape index (κ3) is 6.79. The van der Waals surface area contributed by atoms with Gasteiger partial charge in [0.2, 0.25) is 5.91 Å². The molecular weight excluding hydrogens is 578 g/mol. The van der Waals surface area contributed by atoms with Gasteiger partial charge in [0.25, 0.3) is 0 Å². The maximum absolute atomic E-state index is 13.3. The van der Waals surface area contributed by atoms with Crippen LogP contribution in [0.4, 0.5) is 4.79 Å². The van der Waals surface area contributed by atoms with Crippen LogP contribution >= 0.6 is 27.5 Å². The molecule has 0 N–H and O–H groups in total. The fraction of sp³-hybridized carbons (Fsp3) is 0.581. The van der Waals surface area contributed by atoms with Gasteiger partial charge in [-0.3, -0.25) is 9.78 Å². The number of pyridine rings is 1. The van der Waals surface area contributed by atoms with Crippen molar-refractivity contribution in [2.24, 2.45) is 11.8 Å². The highest BCUT2D eigenvalue weighted by Gasteiger charge is 2.36. The Morgan fingerprint density at radius 3 is 2.36 bits per heavy atom. The molecule has 5 rings (SSSR count). The molecule has 0 saturated carbocycles. The predicted octanol–water partition coefficient (Wildman–Crippen LogP) is 7.00. The smallest absolute Gasteiger partial charge is 0.410 e. The normalized spacial score (nSPS) is 20.7. The van der Waals surface area contributed by atoms with Crippen LogP contribution in [0.2, 0.25) is 5.02 Å². The minimum absolute atomic E-state index is 0.220. The van der Waals surface area contributed by atoms with E-state index >= 15 is 0 Å². The van der Waals surface area contributed by atoms with Crippen molar-refractivity contribution in [3.8, 4) is 0 Å². The van der Waals surface area contributed by atoms with Crippen LogP contribution in [0, 0.1) is 11.8 Å². The number of carbonyl (C=O) groups excluding carboxylic acids is 2. The van der Waals surface area contributed by atoms with E-state index in [-0.39, 0.29) is 17.9 Å². The van der Waals surface area contributed by atoms with Crippen LogP contribution in [0.15, 0.2) is 34.9 Å². The van der Waals surface area contributed by atoms with E-state index in [4.69, 9.17) is 21.3 Å². The van der Waals surface area contributed by atoms with Crippen LogP contribution in [0.3, 0.4) is 0 Å². The number of ether oxygens (including phenoxy) is 1. The number of rotatable bonds is 3. The molecule has 0 spiro atoms. The molecule has 1 aromatic carbocycles. The van der Waals surface area contributed by atoms with Crippen LogP contribution in [0.5, 0.6) is 0 Å². The van der Waals surface area contributed by atoms with Crippen molar-refractivity contribution in [2.75, 3.05) is 26.2 Å². The molecule has 1 aliphatic carbocycles. The first-order chi connectivity index (χ1) is 18.6. The van der Waals surface area contributed by atoms with Crippen molar-refractivity contribution in [1.29, 1.82) is 0 Å². The summed E-state index contributed by atoms with van der Waals surface area (Å²) in [5.41, 5.74) is 4.66. The fourth-order valence-corrected chi connectivity index (χ4v) is 7.04. The van der Waals surface area contributed by atoms with E-state index in [0.717, 1.165) is 61.1 Å². The predicted molar refractivity (Wildman–Crippen MR) is 157 cm³/mol. The van der Waals surface area contributed by atoms with Crippen molar-refractivity contribution in [2.45, 2.75) is 77.2 Å². The molecular formula is C31H39BrClN3O3. The minimum Gasteiger partial charge on any atom is -0.444 e. The fourth-order valence-electron chi connectivity index (χ4n) is 6.46. The van der Waals surface area contributed by atoms with Gasteiger partial charge in [0.05, 0.1) is 5.69 Å². The van der Waals surface area contributed by atoms with Crippen molar-refractivity contribution in [1.82, 2.24) is 14.8 Å². The number of hydrogen-bond acceptors (Lipinski definition) is 4. The first-order valence-corrected chi connectivity index (χ1v) is 15.4. The lowest BCUT2D eigenvalue weighted by atomic mass is 9.76. The Morgan fingerprint density at radius 2 is 1.67 bits per heavy atom. The molecule has 2 fully saturated rings. The van der Waals surface area contributed by atoms with Gasteiger partial charge in [0.1, 0.15) is 5.60 Å². The van der Waals surface area contributed by atoms with E-state index in [9.17, 15) is 9.59 Å². The Kier molecular flexibility index (Phi) is 8.58. The number of likely N-dealkylation sites (tertiary alicyclic amines) is 2. The summed E-state index contributed by atoms with van der Waals surface area (Å²) in [6, 6.07) is 8.54. The summed E-state index contributed by atoms with van der Waals surface area (Å²) in [6.45, 7) is 8.54. The Bertz CT molecular complexity index is 1160. The molecule has 2 saturated heterocycles. The van der Waals surface area contributed by atoms with Gasteiger partial charge in [-0.1, -0.05) is 17.7 Å². The molecule has 1 unspecified atom stereocenters. The van der Waals surface area contributed by atoms with E-state index < -0.39 is 5.60 Å². The maximum Gasteiger partial charge on any atom is 0.410 e. The summed E-state index contributed by atoms with van der Waals surface area (Å²) >= 11 is 10.0. The number of carbonyl (C=O) groups is 2. The molecule has 39 heavy (non-hydrogen) atoms. The lowest BCUT2D eigenvalue weighted by molar-refractivity contribution is -0.134. The molecule has 1 atom stereocenters. The molecule has 8 heteroatoms. The highest BCUT2D eigenvalue weighted by atomic mass is 79.9. The van der Waals surface area contributed by atoms with E-state index in [1.807, 2.05) is 33.0 Å². The number of hydrogen-bond donors (Lipinski definition) is 0. The second kappa shape index (κ2) is 11.8.